The molecule has 0 radical (unpaired) electrons. The number of likely N-dealkylation sites (tertiary alicyclic amines) is 1. The van der Waals surface area contributed by atoms with E-state index in [9.17, 15) is 0 Å². The summed E-state index contributed by atoms with van der Waals surface area (Å²) in [5, 5.41) is 4.10. The van der Waals surface area contributed by atoms with Gasteiger partial charge >= 0.3 is 0 Å². The van der Waals surface area contributed by atoms with Crippen LogP contribution in [-0.2, 0) is 0 Å². The topological polar surface area (TPSA) is 145 Å². The Labute approximate surface area is 198 Å². The van der Waals surface area contributed by atoms with Gasteiger partial charge in [0.2, 0.25) is 0 Å². The molecule has 0 bridgehead atoms. The zero-order valence-corrected chi connectivity index (χ0v) is 21.1. The third-order valence-electron chi connectivity index (χ3n) is 6.64. The van der Waals surface area contributed by atoms with Gasteiger partial charge in [0, 0.05) is 19.1 Å². The number of rotatable bonds is 8. The maximum Gasteiger partial charge on any atom is 0.0516 e. The number of allylic oxidation sites excluding steroid dienone is 2. The average Bonchev–Trinajstić information content (AvgIpc) is 2.54. The largest absolute Gasteiger partial charge is 0.412 e. The van der Waals surface area contributed by atoms with Crippen molar-refractivity contribution < 1.29 is 16.4 Å². The van der Waals surface area contributed by atoms with E-state index < -0.39 is 0 Å². The van der Waals surface area contributed by atoms with Crippen LogP contribution in [-0.4, -0.2) is 58.9 Å². The molecule has 10 N–H and O–H groups in total. The van der Waals surface area contributed by atoms with Gasteiger partial charge in [-0.2, -0.15) is 0 Å². The predicted molar refractivity (Wildman–Crippen MR) is 139 cm³/mol. The van der Waals surface area contributed by atoms with Crippen molar-refractivity contribution in [3.8, 4) is 0 Å². The molecule has 31 heavy (non-hydrogen) atoms. The monoisotopic (exact) mass is 469 g/mol. The van der Waals surface area contributed by atoms with Crippen molar-refractivity contribution in [3.05, 3.63) is 12.2 Å². The van der Waals surface area contributed by atoms with Gasteiger partial charge < -0.3 is 32.8 Å². The fraction of sp³-hybridized carbons (Fsp3) is 0.917. The highest BCUT2D eigenvalue weighted by Gasteiger charge is 2.40. The van der Waals surface area contributed by atoms with Crippen molar-refractivity contribution in [1.82, 2.24) is 16.4 Å². The van der Waals surface area contributed by atoms with E-state index >= 15 is 0 Å². The van der Waals surface area contributed by atoms with Crippen molar-refractivity contribution in [2.24, 2.45) is 29.1 Å². The van der Waals surface area contributed by atoms with E-state index in [1.807, 2.05) is 0 Å². The predicted octanol–water partition coefficient (Wildman–Crippen LogP) is 3.89. The van der Waals surface area contributed by atoms with E-state index in [2.05, 4.69) is 63.9 Å². The number of piperidine rings is 1. The minimum atomic E-state index is 0. The van der Waals surface area contributed by atoms with Gasteiger partial charge in [-0.05, 0) is 67.9 Å². The zero-order valence-electron chi connectivity index (χ0n) is 20.3. The van der Waals surface area contributed by atoms with Crippen molar-refractivity contribution in [2.45, 2.75) is 86.1 Å². The van der Waals surface area contributed by atoms with Crippen LogP contribution in [0, 0.1) is 29.1 Å². The van der Waals surface area contributed by atoms with Gasteiger partial charge in [-0.15, -0.1) is 11.6 Å². The Morgan fingerprint density at radius 1 is 1.03 bits per heavy atom. The minimum absolute atomic E-state index is 0. The van der Waals surface area contributed by atoms with Crippen LogP contribution in [0.5, 0.6) is 0 Å². The Morgan fingerprint density at radius 3 is 2.10 bits per heavy atom. The summed E-state index contributed by atoms with van der Waals surface area (Å²) in [6, 6.07) is 0.604. The normalized spacial score (nSPS) is 25.9. The first-order valence-electron chi connectivity index (χ1n) is 11.0. The summed E-state index contributed by atoms with van der Waals surface area (Å²) < 4.78 is 0. The molecule has 6 nitrogen and oxygen atoms in total. The fourth-order valence-corrected chi connectivity index (χ4v) is 5.13. The molecule has 4 atom stereocenters. The molecule has 1 fully saturated rings. The third-order valence-corrected chi connectivity index (χ3v) is 7.00. The van der Waals surface area contributed by atoms with Gasteiger partial charge in [0.1, 0.15) is 0 Å². The summed E-state index contributed by atoms with van der Waals surface area (Å²) in [4.78, 5) is 2.72. The Kier molecular flexibility index (Phi) is 21.2. The lowest BCUT2D eigenvalue weighted by Gasteiger charge is -2.48. The maximum atomic E-state index is 6.26. The fourth-order valence-electron chi connectivity index (χ4n) is 4.92. The molecular formula is C24H56ClN3O3. The molecule has 2 unspecified atom stereocenters. The molecule has 0 aromatic carbocycles. The summed E-state index contributed by atoms with van der Waals surface area (Å²) in [5.74, 6) is 2.99. The van der Waals surface area contributed by atoms with Crippen LogP contribution < -0.4 is 11.5 Å². The third kappa shape index (κ3) is 12.0. The molecular weight excluding hydrogens is 414 g/mol. The van der Waals surface area contributed by atoms with E-state index in [1.165, 1.54) is 38.9 Å². The van der Waals surface area contributed by atoms with Crippen LogP contribution in [0.3, 0.4) is 0 Å². The Hall–Kier alpha value is -0.210. The second-order valence-corrected chi connectivity index (χ2v) is 10.8. The van der Waals surface area contributed by atoms with Crippen molar-refractivity contribution in [2.75, 3.05) is 26.2 Å². The van der Waals surface area contributed by atoms with Gasteiger partial charge in [0.15, 0.2) is 0 Å². The average molecular weight is 470 g/mol. The van der Waals surface area contributed by atoms with Gasteiger partial charge in [-0.1, -0.05) is 61.1 Å². The van der Waals surface area contributed by atoms with E-state index in [4.69, 9.17) is 11.6 Å². The molecule has 0 aromatic heterocycles. The summed E-state index contributed by atoms with van der Waals surface area (Å²) in [5.41, 5.74) is 0.381. The van der Waals surface area contributed by atoms with E-state index in [1.54, 1.807) is 0 Å². The zero-order chi connectivity index (χ0) is 19.3. The quantitative estimate of drug-likeness (QED) is 0.410. The first-order valence-corrected chi connectivity index (χ1v) is 11.4. The molecule has 2 aliphatic rings. The van der Waals surface area contributed by atoms with Crippen molar-refractivity contribution in [3.63, 3.8) is 0 Å². The minimum Gasteiger partial charge on any atom is -0.412 e. The molecule has 0 aromatic rings. The van der Waals surface area contributed by atoms with Crippen LogP contribution in [0.4, 0.5) is 0 Å². The lowest BCUT2D eigenvalue weighted by atomic mass is 9.65. The number of nitrogens with zero attached hydrogens (tertiary/aromatic N) is 1. The highest BCUT2D eigenvalue weighted by atomic mass is 35.5. The Balaban J connectivity index is -0.000000729. The first kappa shape index (κ1) is 38.1. The van der Waals surface area contributed by atoms with Crippen molar-refractivity contribution in [1.29, 1.82) is 0 Å². The summed E-state index contributed by atoms with van der Waals surface area (Å²) >= 11 is 6.26. The number of nitrogens with one attached hydrogen (secondary N) is 1. The molecule has 1 aliphatic heterocycles. The van der Waals surface area contributed by atoms with Gasteiger partial charge in [0.05, 0.1) is 5.38 Å². The molecule has 192 valence electrons. The molecule has 7 heteroatoms. The van der Waals surface area contributed by atoms with Crippen LogP contribution in [0.2, 0.25) is 0 Å². The highest BCUT2D eigenvalue weighted by molar-refractivity contribution is 6.21. The van der Waals surface area contributed by atoms with Crippen LogP contribution in [0.1, 0.15) is 74.7 Å². The molecule has 1 aliphatic carbocycles. The summed E-state index contributed by atoms with van der Waals surface area (Å²) in [7, 11) is 0. The highest BCUT2D eigenvalue weighted by Crippen LogP contribution is 2.43. The van der Waals surface area contributed by atoms with Crippen LogP contribution >= 0.6 is 11.6 Å². The van der Waals surface area contributed by atoms with Crippen molar-refractivity contribution >= 4 is 11.6 Å². The first-order chi connectivity index (χ1) is 12.2. The van der Waals surface area contributed by atoms with E-state index in [-0.39, 0.29) is 35.4 Å². The van der Waals surface area contributed by atoms with Crippen LogP contribution in [0.15, 0.2) is 12.2 Å². The van der Waals surface area contributed by atoms with Crippen LogP contribution in [0.25, 0.3) is 0 Å². The molecule has 1 heterocycles. The number of hydrogen-bond donors (Lipinski definition) is 2. The summed E-state index contributed by atoms with van der Waals surface area (Å²) in [6.45, 7) is 19.1. The number of alkyl halides is 1. The molecule has 1 saturated heterocycles. The maximum absolute atomic E-state index is 6.26. The lowest BCUT2D eigenvalue weighted by Crippen LogP contribution is -2.53. The second kappa shape index (κ2) is 17.3. The Morgan fingerprint density at radius 2 is 1.65 bits per heavy atom. The number of halogens is 1. The standard InChI is InChI=1S/C23H43ClN2.CH4.H3N.3H2O/c1-17(2)11-13-25-22(18(3)4)15-26-14-12-21(23(5,6)16-26)19-7-9-20(24)10-8-19;;;;;/h7,9,17-22,25H,8,10-16H2,1-6H3;1H4;1H3;3*1H2/t19?,20?,21-,22+;;;;;/m1...../s1. The molecule has 0 amide bonds. The lowest BCUT2D eigenvalue weighted by molar-refractivity contribution is 0.0220. The number of hydrogen-bond acceptors (Lipinski definition) is 3. The van der Waals surface area contributed by atoms with Gasteiger partial charge in [0.25, 0.3) is 0 Å². The van der Waals surface area contributed by atoms with Gasteiger partial charge in [-0.3, -0.25) is 0 Å². The van der Waals surface area contributed by atoms with E-state index in [0.717, 1.165) is 30.7 Å². The second-order valence-electron chi connectivity index (χ2n) is 10.2. The summed E-state index contributed by atoms with van der Waals surface area (Å²) in [6.07, 6.45) is 9.68. The Bertz CT molecular complexity index is 461. The smallest absolute Gasteiger partial charge is 0.0516 e. The SMILES string of the molecule is C.CC(C)CCN[C@@H](CN1CC[C@H](C2C=CC(Cl)CC2)C(C)(C)C1)C(C)C.N.O.O.O. The van der Waals surface area contributed by atoms with Gasteiger partial charge in [-0.25, -0.2) is 0 Å². The molecule has 0 saturated carbocycles. The molecule has 0 spiro atoms. The molecule has 2 rings (SSSR count). The van der Waals surface area contributed by atoms with E-state index in [0.29, 0.717) is 17.4 Å².